The molecule has 24 heavy (non-hydrogen) atoms. The fourth-order valence-corrected chi connectivity index (χ4v) is 3.21. The summed E-state index contributed by atoms with van der Waals surface area (Å²) in [5, 5.41) is 13.0. The second kappa shape index (κ2) is 7.99. The summed E-state index contributed by atoms with van der Waals surface area (Å²) in [7, 11) is 1.40. The monoisotopic (exact) mass is 414 g/mol. The number of ether oxygens (including phenoxy) is 2. The summed E-state index contributed by atoms with van der Waals surface area (Å²) in [6.45, 7) is -0.112. The smallest absolute Gasteiger partial charge is 0.410 e. The third-order valence-electron chi connectivity index (χ3n) is 2.73. The molecule has 0 aliphatic rings. The van der Waals surface area contributed by atoms with Crippen LogP contribution in [0.5, 0.6) is 5.75 Å². The Balaban J connectivity index is 2.07. The minimum Gasteiger partial charge on any atom is -0.410 e. The number of ketones is 1. The van der Waals surface area contributed by atoms with Crippen LogP contribution in [-0.2, 0) is 4.74 Å². The van der Waals surface area contributed by atoms with Crippen molar-refractivity contribution >= 4 is 50.5 Å². The molecule has 0 spiro atoms. The van der Waals surface area contributed by atoms with Gasteiger partial charge >= 0.3 is 6.09 Å². The molecule has 10 heteroatoms. The van der Waals surface area contributed by atoms with E-state index in [2.05, 4.69) is 21.2 Å². The van der Waals surface area contributed by atoms with Gasteiger partial charge in [-0.2, -0.15) is 0 Å². The highest BCUT2D eigenvalue weighted by Crippen LogP contribution is 2.32. The summed E-state index contributed by atoms with van der Waals surface area (Å²) in [5.74, 6) is -0.143. The van der Waals surface area contributed by atoms with Crippen molar-refractivity contribution in [2.75, 3.05) is 19.0 Å². The van der Waals surface area contributed by atoms with Crippen molar-refractivity contribution in [3.05, 3.63) is 49.1 Å². The number of non-ortho nitro benzene ring substituents is 1. The van der Waals surface area contributed by atoms with Crippen LogP contribution in [0.25, 0.3) is 0 Å². The number of benzene rings is 1. The van der Waals surface area contributed by atoms with Gasteiger partial charge in [0.2, 0.25) is 0 Å². The Kier molecular flexibility index (Phi) is 6.01. The summed E-state index contributed by atoms with van der Waals surface area (Å²) in [6, 6.07) is 6.62. The number of anilines is 1. The van der Waals surface area contributed by atoms with Crippen LogP contribution in [-0.4, -0.2) is 30.5 Å². The third-order valence-corrected chi connectivity index (χ3v) is 4.40. The first-order valence-corrected chi connectivity index (χ1v) is 8.06. The van der Waals surface area contributed by atoms with Crippen molar-refractivity contribution in [1.82, 2.24) is 0 Å². The molecule has 0 saturated carbocycles. The number of carbonyl (C=O) groups excluding carboxylic acids is 2. The Morgan fingerprint density at radius 3 is 2.58 bits per heavy atom. The van der Waals surface area contributed by atoms with E-state index in [1.807, 2.05) is 0 Å². The molecule has 0 aliphatic heterocycles. The van der Waals surface area contributed by atoms with Gasteiger partial charge in [0.15, 0.2) is 5.78 Å². The first kappa shape index (κ1) is 18.0. The summed E-state index contributed by atoms with van der Waals surface area (Å²) in [6.07, 6.45) is -0.819. The van der Waals surface area contributed by atoms with Crippen LogP contribution in [0, 0.1) is 10.1 Å². The van der Waals surface area contributed by atoms with E-state index in [1.165, 1.54) is 31.4 Å². The van der Waals surface area contributed by atoms with Gasteiger partial charge in [0.05, 0.1) is 19.3 Å². The van der Waals surface area contributed by atoms with Crippen molar-refractivity contribution in [1.29, 1.82) is 0 Å². The molecule has 0 atom stereocenters. The minimum atomic E-state index is -0.819. The first-order chi connectivity index (χ1) is 11.4. The number of rotatable bonds is 6. The summed E-state index contributed by atoms with van der Waals surface area (Å²) in [5.41, 5.74) is 0.179. The molecule has 1 N–H and O–H groups in total. The van der Waals surface area contributed by atoms with Crippen LogP contribution in [0.4, 0.5) is 16.2 Å². The number of hydrogen-bond acceptors (Lipinski definition) is 7. The Bertz CT molecular complexity index is 774. The normalized spacial score (nSPS) is 10.2. The van der Waals surface area contributed by atoms with E-state index in [1.54, 1.807) is 6.07 Å². The maximum absolute atomic E-state index is 11.9. The SMILES string of the molecule is COCC(=O)c1sc(Br)cc1NC(=O)Oc1ccc([N+](=O)[O-])cc1. The van der Waals surface area contributed by atoms with Gasteiger partial charge in [-0.3, -0.25) is 20.2 Å². The lowest BCUT2D eigenvalue weighted by Crippen LogP contribution is -2.18. The van der Waals surface area contributed by atoms with Gasteiger partial charge in [-0.1, -0.05) is 0 Å². The number of carbonyl (C=O) groups is 2. The molecule has 0 bridgehead atoms. The molecule has 126 valence electrons. The number of nitro groups is 1. The summed E-state index contributed by atoms with van der Waals surface area (Å²) >= 11 is 4.41. The predicted molar refractivity (Wildman–Crippen MR) is 91.0 cm³/mol. The molecule has 0 radical (unpaired) electrons. The molecular formula is C14H11BrN2O6S. The van der Waals surface area contributed by atoms with Crippen molar-refractivity contribution in [2.45, 2.75) is 0 Å². The molecule has 1 aromatic heterocycles. The number of Topliss-reactive ketones (excluding diaryl/α,β-unsaturated/α-hetero) is 1. The maximum atomic E-state index is 11.9. The van der Waals surface area contributed by atoms with Crippen molar-refractivity contribution < 1.29 is 24.0 Å². The number of thiophene rings is 1. The van der Waals surface area contributed by atoms with Gasteiger partial charge in [-0.05, 0) is 34.1 Å². The second-order valence-electron chi connectivity index (χ2n) is 4.42. The van der Waals surface area contributed by atoms with Gasteiger partial charge in [0.25, 0.3) is 5.69 Å². The zero-order valence-corrected chi connectivity index (χ0v) is 14.7. The Hall–Kier alpha value is -2.30. The molecule has 2 rings (SSSR count). The van der Waals surface area contributed by atoms with Gasteiger partial charge in [-0.15, -0.1) is 11.3 Å². The highest BCUT2D eigenvalue weighted by molar-refractivity contribution is 9.11. The topological polar surface area (TPSA) is 108 Å². The predicted octanol–water partition coefficient (Wildman–Crippen LogP) is 3.86. The highest BCUT2D eigenvalue weighted by atomic mass is 79.9. The molecule has 0 aliphatic carbocycles. The standard InChI is InChI=1S/C14H11BrN2O6S/c1-22-7-11(18)13-10(6-12(15)24-13)16-14(19)23-9-4-2-8(3-5-9)17(20)21/h2-6H,7H2,1H3,(H,16,19). The van der Waals surface area contributed by atoms with E-state index in [-0.39, 0.29) is 23.8 Å². The van der Waals surface area contributed by atoms with Crippen LogP contribution in [0.2, 0.25) is 0 Å². The zero-order chi connectivity index (χ0) is 17.7. The average molecular weight is 415 g/mol. The minimum absolute atomic E-state index is 0.112. The molecule has 1 aromatic carbocycles. The lowest BCUT2D eigenvalue weighted by Gasteiger charge is -2.07. The molecule has 2 aromatic rings. The summed E-state index contributed by atoms with van der Waals surface area (Å²) < 4.78 is 10.5. The number of halogens is 1. The van der Waals surface area contributed by atoms with Gasteiger partial charge in [0, 0.05) is 19.2 Å². The Morgan fingerprint density at radius 1 is 1.33 bits per heavy atom. The van der Waals surface area contributed by atoms with Gasteiger partial charge in [0.1, 0.15) is 12.4 Å². The average Bonchev–Trinajstić information content (AvgIpc) is 2.88. The van der Waals surface area contributed by atoms with E-state index in [0.29, 0.717) is 14.4 Å². The van der Waals surface area contributed by atoms with Crippen molar-refractivity contribution in [2.24, 2.45) is 0 Å². The molecule has 0 fully saturated rings. The third kappa shape index (κ3) is 4.60. The zero-order valence-electron chi connectivity index (χ0n) is 12.3. The molecule has 0 saturated heterocycles. The van der Waals surface area contributed by atoms with E-state index < -0.39 is 11.0 Å². The van der Waals surface area contributed by atoms with Crippen LogP contribution < -0.4 is 10.1 Å². The Morgan fingerprint density at radius 2 is 2.00 bits per heavy atom. The van der Waals surface area contributed by atoms with E-state index in [9.17, 15) is 19.7 Å². The molecule has 1 amide bonds. The Labute approximate surface area is 148 Å². The van der Waals surface area contributed by atoms with Crippen molar-refractivity contribution in [3.63, 3.8) is 0 Å². The number of nitrogens with zero attached hydrogens (tertiary/aromatic N) is 1. The van der Waals surface area contributed by atoms with Gasteiger partial charge in [-0.25, -0.2) is 4.79 Å². The number of amides is 1. The molecule has 8 nitrogen and oxygen atoms in total. The maximum Gasteiger partial charge on any atom is 0.417 e. The number of nitro benzene ring substituents is 1. The summed E-state index contributed by atoms with van der Waals surface area (Å²) in [4.78, 5) is 34.2. The first-order valence-electron chi connectivity index (χ1n) is 6.45. The van der Waals surface area contributed by atoms with Crippen LogP contribution in [0.3, 0.4) is 0 Å². The van der Waals surface area contributed by atoms with E-state index in [4.69, 9.17) is 9.47 Å². The largest absolute Gasteiger partial charge is 0.417 e. The van der Waals surface area contributed by atoms with Crippen LogP contribution in [0.15, 0.2) is 34.1 Å². The van der Waals surface area contributed by atoms with E-state index in [0.717, 1.165) is 11.3 Å². The number of methoxy groups -OCH3 is 1. The molecular weight excluding hydrogens is 404 g/mol. The number of nitrogens with one attached hydrogen (secondary N) is 1. The molecule has 0 unspecified atom stereocenters. The quantitative estimate of drug-likeness (QED) is 0.436. The van der Waals surface area contributed by atoms with Crippen LogP contribution >= 0.6 is 27.3 Å². The van der Waals surface area contributed by atoms with E-state index >= 15 is 0 Å². The van der Waals surface area contributed by atoms with Gasteiger partial charge < -0.3 is 9.47 Å². The lowest BCUT2D eigenvalue weighted by atomic mass is 10.3. The molecule has 1 heterocycles. The second-order valence-corrected chi connectivity index (χ2v) is 6.85. The number of hydrogen-bond donors (Lipinski definition) is 1. The fraction of sp³-hybridized carbons (Fsp3) is 0.143. The van der Waals surface area contributed by atoms with Crippen molar-refractivity contribution in [3.8, 4) is 5.75 Å². The lowest BCUT2D eigenvalue weighted by molar-refractivity contribution is -0.384. The highest BCUT2D eigenvalue weighted by Gasteiger charge is 2.18. The fourth-order valence-electron chi connectivity index (χ4n) is 1.74. The van der Waals surface area contributed by atoms with Crippen LogP contribution in [0.1, 0.15) is 9.67 Å².